The van der Waals surface area contributed by atoms with Gasteiger partial charge in [-0.25, -0.2) is 17.5 Å². The van der Waals surface area contributed by atoms with Crippen molar-refractivity contribution < 1.29 is 17.5 Å². The zero-order chi connectivity index (χ0) is 18.7. The first-order chi connectivity index (χ1) is 12.4. The van der Waals surface area contributed by atoms with Gasteiger partial charge >= 0.3 is 0 Å². The molecule has 1 aliphatic heterocycles. The average molecular weight is 378 g/mol. The molecule has 5 nitrogen and oxygen atoms in total. The molecule has 1 heterocycles. The molecule has 2 aromatic carbocycles. The van der Waals surface area contributed by atoms with E-state index in [2.05, 4.69) is 9.62 Å². The number of piperidine rings is 1. The molecule has 1 saturated heterocycles. The highest BCUT2D eigenvalue weighted by Gasteiger charge is 2.28. The second-order valence-electron chi connectivity index (χ2n) is 6.51. The van der Waals surface area contributed by atoms with Crippen molar-refractivity contribution in [3.05, 3.63) is 53.8 Å². The van der Waals surface area contributed by atoms with Crippen molar-refractivity contribution in [1.29, 1.82) is 0 Å². The van der Waals surface area contributed by atoms with E-state index in [0.717, 1.165) is 24.4 Å². The van der Waals surface area contributed by atoms with Gasteiger partial charge in [-0.3, -0.25) is 0 Å². The second kappa shape index (κ2) is 7.63. The number of ether oxygens (including phenoxy) is 1. The highest BCUT2D eigenvalue weighted by molar-refractivity contribution is 7.89. The number of nitrogens with one attached hydrogen (secondary N) is 1. The first-order valence-electron chi connectivity index (χ1n) is 8.57. The molecule has 3 rings (SSSR count). The van der Waals surface area contributed by atoms with Crippen LogP contribution < -0.4 is 14.4 Å². The van der Waals surface area contributed by atoms with Crippen LogP contribution >= 0.6 is 0 Å². The lowest BCUT2D eigenvalue weighted by molar-refractivity contribution is 0.408. The predicted molar refractivity (Wildman–Crippen MR) is 99.7 cm³/mol. The maximum Gasteiger partial charge on any atom is 0.243 e. The fourth-order valence-corrected chi connectivity index (χ4v) is 4.61. The van der Waals surface area contributed by atoms with Crippen LogP contribution in [-0.4, -0.2) is 34.7 Å². The summed E-state index contributed by atoms with van der Waals surface area (Å²) in [6.07, 6.45) is 1.54. The van der Waals surface area contributed by atoms with E-state index >= 15 is 0 Å². The molecular formula is C19H23FN2O3S. The molecule has 2 aromatic rings. The maximum absolute atomic E-state index is 14.1. The topological polar surface area (TPSA) is 58.6 Å². The molecule has 140 valence electrons. The van der Waals surface area contributed by atoms with Crippen LogP contribution in [0, 0.1) is 12.7 Å². The summed E-state index contributed by atoms with van der Waals surface area (Å²) < 4.78 is 47.4. The summed E-state index contributed by atoms with van der Waals surface area (Å²) in [6, 6.07) is 11.5. The number of aryl methyl sites for hydroxylation is 1. The summed E-state index contributed by atoms with van der Waals surface area (Å²) in [7, 11) is -2.30. The van der Waals surface area contributed by atoms with Gasteiger partial charge in [0.1, 0.15) is 16.5 Å². The molecular weight excluding hydrogens is 355 g/mol. The molecule has 1 fully saturated rings. The third-order valence-corrected chi connectivity index (χ3v) is 6.10. The molecule has 1 atom stereocenters. The molecule has 1 unspecified atom stereocenters. The minimum Gasteiger partial charge on any atom is -0.495 e. The molecule has 0 aliphatic carbocycles. The summed E-state index contributed by atoms with van der Waals surface area (Å²) >= 11 is 0. The van der Waals surface area contributed by atoms with Crippen molar-refractivity contribution in [3.63, 3.8) is 0 Å². The van der Waals surface area contributed by atoms with E-state index in [4.69, 9.17) is 4.74 Å². The number of methoxy groups -OCH3 is 1. The van der Waals surface area contributed by atoms with Crippen molar-refractivity contribution in [2.24, 2.45) is 0 Å². The van der Waals surface area contributed by atoms with E-state index in [9.17, 15) is 12.8 Å². The number of rotatable bonds is 5. The van der Waals surface area contributed by atoms with E-state index in [0.29, 0.717) is 18.5 Å². The Kier molecular flexibility index (Phi) is 5.48. The van der Waals surface area contributed by atoms with Crippen molar-refractivity contribution in [3.8, 4) is 5.75 Å². The number of halogens is 1. The lowest BCUT2D eigenvalue weighted by Crippen LogP contribution is -2.47. The fourth-order valence-electron chi connectivity index (χ4n) is 3.29. The van der Waals surface area contributed by atoms with Gasteiger partial charge in [-0.2, -0.15) is 0 Å². The summed E-state index contributed by atoms with van der Waals surface area (Å²) in [5, 5.41) is 0. The third-order valence-electron chi connectivity index (χ3n) is 4.55. The number of para-hydroxylation sites is 2. The zero-order valence-electron chi connectivity index (χ0n) is 14.9. The first-order valence-corrected chi connectivity index (χ1v) is 10.1. The van der Waals surface area contributed by atoms with Gasteiger partial charge in [0, 0.05) is 19.1 Å². The number of sulfonamides is 1. The fraction of sp³-hybridized carbons (Fsp3) is 0.368. The van der Waals surface area contributed by atoms with E-state index in [1.807, 2.05) is 24.3 Å². The van der Waals surface area contributed by atoms with Crippen molar-refractivity contribution >= 4 is 15.7 Å². The molecule has 0 bridgehead atoms. The summed E-state index contributed by atoms with van der Waals surface area (Å²) in [5.41, 5.74) is 1.61. The number of benzene rings is 2. The Morgan fingerprint density at radius 1 is 1.23 bits per heavy atom. The highest BCUT2D eigenvalue weighted by Crippen LogP contribution is 2.30. The third kappa shape index (κ3) is 3.99. The molecule has 0 radical (unpaired) electrons. The maximum atomic E-state index is 14.1. The van der Waals surface area contributed by atoms with Crippen LogP contribution in [0.25, 0.3) is 0 Å². The Labute approximate surface area is 153 Å². The van der Waals surface area contributed by atoms with Crippen LogP contribution in [0.1, 0.15) is 18.4 Å². The molecule has 1 N–H and O–H groups in total. The van der Waals surface area contributed by atoms with Gasteiger partial charge in [-0.05, 0) is 49.6 Å². The highest BCUT2D eigenvalue weighted by atomic mass is 32.2. The van der Waals surface area contributed by atoms with Crippen molar-refractivity contribution in [1.82, 2.24) is 4.72 Å². The van der Waals surface area contributed by atoms with Crippen molar-refractivity contribution in [2.75, 3.05) is 25.1 Å². The first kappa shape index (κ1) is 18.7. The van der Waals surface area contributed by atoms with Gasteiger partial charge in [0.15, 0.2) is 0 Å². The smallest absolute Gasteiger partial charge is 0.243 e. The van der Waals surface area contributed by atoms with Crippen LogP contribution in [0.3, 0.4) is 0 Å². The molecule has 7 heteroatoms. The second-order valence-corrected chi connectivity index (χ2v) is 8.19. The number of hydrogen-bond donors (Lipinski definition) is 1. The van der Waals surface area contributed by atoms with Gasteiger partial charge in [0.05, 0.1) is 12.8 Å². The van der Waals surface area contributed by atoms with E-state index < -0.39 is 15.8 Å². The van der Waals surface area contributed by atoms with Crippen molar-refractivity contribution in [2.45, 2.75) is 30.7 Å². The Morgan fingerprint density at radius 3 is 2.73 bits per heavy atom. The van der Waals surface area contributed by atoms with Gasteiger partial charge in [-0.15, -0.1) is 0 Å². The van der Waals surface area contributed by atoms with Crippen LogP contribution in [0.5, 0.6) is 5.75 Å². The van der Waals surface area contributed by atoms with E-state index in [1.165, 1.54) is 12.1 Å². The molecule has 0 amide bonds. The molecule has 0 saturated carbocycles. The van der Waals surface area contributed by atoms with Crippen LogP contribution in [0.15, 0.2) is 47.4 Å². The molecule has 0 aromatic heterocycles. The Morgan fingerprint density at radius 2 is 2.00 bits per heavy atom. The Hall–Kier alpha value is -2.12. The average Bonchev–Trinajstić information content (AvgIpc) is 2.61. The molecule has 1 aliphatic rings. The minimum atomic E-state index is -3.91. The molecule has 0 spiro atoms. The zero-order valence-corrected chi connectivity index (χ0v) is 15.7. The van der Waals surface area contributed by atoms with Gasteiger partial charge < -0.3 is 9.64 Å². The summed E-state index contributed by atoms with van der Waals surface area (Å²) in [5.74, 6) is 0.0236. The summed E-state index contributed by atoms with van der Waals surface area (Å²) in [6.45, 7) is 3.05. The minimum absolute atomic E-state index is 0.292. The van der Waals surface area contributed by atoms with Crippen LogP contribution in [-0.2, 0) is 10.0 Å². The lowest BCUT2D eigenvalue weighted by Gasteiger charge is -2.35. The van der Waals surface area contributed by atoms with Gasteiger partial charge in [0.2, 0.25) is 10.0 Å². The quantitative estimate of drug-likeness (QED) is 0.869. The monoisotopic (exact) mass is 378 g/mol. The normalized spacial score (nSPS) is 18.0. The van der Waals surface area contributed by atoms with E-state index in [1.54, 1.807) is 20.1 Å². The van der Waals surface area contributed by atoms with Crippen LogP contribution in [0.2, 0.25) is 0 Å². The van der Waals surface area contributed by atoms with Gasteiger partial charge in [-0.1, -0.05) is 18.2 Å². The summed E-state index contributed by atoms with van der Waals surface area (Å²) in [4.78, 5) is 1.79. The standard InChI is InChI=1S/C19H23FN2O3S/c1-14-9-10-19(16(20)12-14)26(23,24)21-15-6-5-11-22(13-15)17-7-3-4-8-18(17)25-2/h3-4,7-10,12,15,21H,5-6,11,13H2,1-2H3. The lowest BCUT2D eigenvalue weighted by atomic mass is 10.1. The van der Waals surface area contributed by atoms with E-state index in [-0.39, 0.29) is 10.9 Å². The largest absolute Gasteiger partial charge is 0.495 e. The number of anilines is 1. The Bertz CT molecular complexity index is 886. The number of hydrogen-bond acceptors (Lipinski definition) is 4. The molecule has 26 heavy (non-hydrogen) atoms. The Balaban J connectivity index is 1.78. The number of nitrogens with zero attached hydrogens (tertiary/aromatic N) is 1. The SMILES string of the molecule is COc1ccccc1N1CCCC(NS(=O)(=O)c2ccc(C)cc2F)C1. The van der Waals surface area contributed by atoms with Crippen LogP contribution in [0.4, 0.5) is 10.1 Å². The van der Waals surface area contributed by atoms with Gasteiger partial charge in [0.25, 0.3) is 0 Å². The predicted octanol–water partition coefficient (Wildman–Crippen LogP) is 3.09.